The van der Waals surface area contributed by atoms with Gasteiger partial charge in [-0.3, -0.25) is 0 Å². The van der Waals surface area contributed by atoms with Crippen LogP contribution in [0.3, 0.4) is 0 Å². The molecule has 0 radical (unpaired) electrons. The molecule has 19 heavy (non-hydrogen) atoms. The monoisotopic (exact) mass is 275 g/mol. The van der Waals surface area contributed by atoms with Crippen LogP contribution in [0, 0.1) is 6.92 Å². The fourth-order valence-corrected chi connectivity index (χ4v) is 2.43. The van der Waals surface area contributed by atoms with Gasteiger partial charge in [0.2, 0.25) is 0 Å². The Labute approximate surface area is 116 Å². The molecule has 4 heteroatoms. The minimum atomic E-state index is -0.140. The topological polar surface area (TPSA) is 38.3 Å². The van der Waals surface area contributed by atoms with Crippen molar-refractivity contribution in [3.63, 3.8) is 0 Å². The van der Waals surface area contributed by atoms with E-state index in [4.69, 9.17) is 20.4 Å². The first-order valence-electron chi connectivity index (χ1n) is 6.10. The van der Waals surface area contributed by atoms with Crippen molar-refractivity contribution in [1.29, 1.82) is 0 Å². The van der Waals surface area contributed by atoms with Gasteiger partial charge in [0.1, 0.15) is 23.1 Å². The zero-order chi connectivity index (χ0) is 13.4. The molecule has 0 saturated carbocycles. The second-order valence-corrected chi connectivity index (χ2v) is 4.88. The summed E-state index contributed by atoms with van der Waals surface area (Å²) in [7, 11) is 1.86. The number of hydrogen-bond acceptors (Lipinski definition) is 3. The van der Waals surface area contributed by atoms with E-state index in [1.54, 1.807) is 6.07 Å². The van der Waals surface area contributed by atoms with Crippen molar-refractivity contribution in [1.82, 2.24) is 5.32 Å². The lowest BCUT2D eigenvalue weighted by Gasteiger charge is -2.09. The summed E-state index contributed by atoms with van der Waals surface area (Å²) in [6, 6.07) is 11.6. The number of hydrogen-bond donors (Lipinski definition) is 1. The largest absolute Gasteiger partial charge is 0.459 e. The average Bonchev–Trinajstić information content (AvgIpc) is 2.98. The molecular weight excluding hydrogens is 262 g/mol. The molecule has 0 spiro atoms. The van der Waals surface area contributed by atoms with Crippen LogP contribution < -0.4 is 5.32 Å². The smallest absolute Gasteiger partial charge is 0.193 e. The van der Waals surface area contributed by atoms with Gasteiger partial charge in [-0.2, -0.15) is 0 Å². The lowest BCUT2D eigenvalue weighted by Crippen LogP contribution is -2.16. The van der Waals surface area contributed by atoms with E-state index in [9.17, 15) is 0 Å². The molecule has 2 aromatic heterocycles. The normalized spacial score (nSPS) is 13.0. The number of para-hydroxylation sites is 1. The molecule has 3 aromatic rings. The molecule has 98 valence electrons. The summed E-state index contributed by atoms with van der Waals surface area (Å²) in [5.41, 5.74) is 2.03. The first kappa shape index (κ1) is 12.3. The van der Waals surface area contributed by atoms with E-state index in [1.807, 2.05) is 44.3 Å². The van der Waals surface area contributed by atoms with E-state index in [1.165, 1.54) is 0 Å². The van der Waals surface area contributed by atoms with Crippen molar-refractivity contribution in [2.75, 3.05) is 7.05 Å². The Hall–Kier alpha value is -1.71. The fraction of sp³-hybridized carbons (Fsp3) is 0.200. The van der Waals surface area contributed by atoms with Crippen molar-refractivity contribution in [3.8, 4) is 0 Å². The third-order valence-corrected chi connectivity index (χ3v) is 3.41. The maximum absolute atomic E-state index is 5.95. The molecule has 0 aliphatic heterocycles. The highest BCUT2D eigenvalue weighted by Gasteiger charge is 2.20. The van der Waals surface area contributed by atoms with Crippen LogP contribution in [0.4, 0.5) is 0 Å². The highest BCUT2D eigenvalue weighted by Crippen LogP contribution is 2.31. The predicted octanol–water partition coefficient (Wildman–Crippen LogP) is 4.30. The quantitative estimate of drug-likeness (QED) is 0.775. The number of furan rings is 2. The molecule has 1 N–H and O–H groups in total. The van der Waals surface area contributed by atoms with Crippen LogP contribution in [0.2, 0.25) is 5.22 Å². The standard InChI is InChI=1S/C15H14ClNO2/c1-9-4-3-5-10-8-12(19-15(9)10)14(17-2)11-6-7-13(16)18-11/h3-8,14,17H,1-2H3. The van der Waals surface area contributed by atoms with E-state index >= 15 is 0 Å². The van der Waals surface area contributed by atoms with E-state index in [2.05, 4.69) is 5.32 Å². The molecule has 3 rings (SSSR count). The van der Waals surface area contributed by atoms with Crippen LogP contribution in [0.5, 0.6) is 0 Å². The Morgan fingerprint density at radius 2 is 1.95 bits per heavy atom. The zero-order valence-electron chi connectivity index (χ0n) is 10.7. The van der Waals surface area contributed by atoms with Crippen LogP contribution in [-0.4, -0.2) is 7.05 Å². The second-order valence-electron chi connectivity index (χ2n) is 4.51. The van der Waals surface area contributed by atoms with Gasteiger partial charge >= 0.3 is 0 Å². The van der Waals surface area contributed by atoms with Crippen molar-refractivity contribution in [3.05, 3.63) is 58.7 Å². The summed E-state index contributed by atoms with van der Waals surface area (Å²) < 4.78 is 11.4. The van der Waals surface area contributed by atoms with E-state index in [-0.39, 0.29) is 6.04 Å². The summed E-state index contributed by atoms with van der Waals surface area (Å²) in [4.78, 5) is 0. The predicted molar refractivity (Wildman–Crippen MR) is 75.6 cm³/mol. The number of fused-ring (bicyclic) bond motifs is 1. The van der Waals surface area contributed by atoms with Crippen molar-refractivity contribution in [2.45, 2.75) is 13.0 Å². The van der Waals surface area contributed by atoms with Gasteiger partial charge in [0.05, 0.1) is 0 Å². The molecule has 0 amide bonds. The van der Waals surface area contributed by atoms with Gasteiger partial charge in [0.15, 0.2) is 5.22 Å². The lowest BCUT2D eigenvalue weighted by atomic mass is 10.1. The van der Waals surface area contributed by atoms with Crippen LogP contribution in [0.15, 0.2) is 45.2 Å². The van der Waals surface area contributed by atoms with Crippen LogP contribution in [0.25, 0.3) is 11.0 Å². The Morgan fingerprint density at radius 3 is 2.58 bits per heavy atom. The van der Waals surface area contributed by atoms with Crippen molar-refractivity contribution >= 4 is 22.6 Å². The number of rotatable bonds is 3. The molecule has 1 aromatic carbocycles. The minimum absolute atomic E-state index is 0.140. The van der Waals surface area contributed by atoms with Crippen molar-refractivity contribution in [2.24, 2.45) is 0 Å². The van der Waals surface area contributed by atoms with E-state index in [0.717, 1.165) is 28.1 Å². The molecule has 1 unspecified atom stereocenters. The molecule has 3 nitrogen and oxygen atoms in total. The van der Waals surface area contributed by atoms with Crippen LogP contribution in [0.1, 0.15) is 23.1 Å². The molecule has 2 heterocycles. The van der Waals surface area contributed by atoms with Gasteiger partial charge in [-0.1, -0.05) is 18.2 Å². The van der Waals surface area contributed by atoms with E-state index in [0.29, 0.717) is 5.22 Å². The van der Waals surface area contributed by atoms with Gasteiger partial charge in [-0.05, 0) is 49.3 Å². The second kappa shape index (κ2) is 4.76. The van der Waals surface area contributed by atoms with Crippen LogP contribution in [-0.2, 0) is 0 Å². The highest BCUT2D eigenvalue weighted by atomic mass is 35.5. The molecule has 1 atom stereocenters. The fourth-order valence-electron chi connectivity index (χ4n) is 2.28. The Bertz CT molecular complexity index is 714. The summed E-state index contributed by atoms with van der Waals surface area (Å²) in [6.07, 6.45) is 0. The maximum Gasteiger partial charge on any atom is 0.193 e. The molecule has 0 aliphatic carbocycles. The summed E-state index contributed by atoms with van der Waals surface area (Å²) >= 11 is 5.83. The van der Waals surface area contributed by atoms with Gasteiger partial charge in [-0.25, -0.2) is 0 Å². The first-order valence-corrected chi connectivity index (χ1v) is 6.48. The number of aryl methyl sites for hydroxylation is 1. The SMILES string of the molecule is CNC(c1ccc(Cl)o1)c1cc2cccc(C)c2o1. The maximum atomic E-state index is 5.95. The third-order valence-electron chi connectivity index (χ3n) is 3.21. The van der Waals surface area contributed by atoms with Crippen molar-refractivity contribution < 1.29 is 8.83 Å². The Balaban J connectivity index is 2.09. The van der Waals surface area contributed by atoms with E-state index < -0.39 is 0 Å². The number of benzene rings is 1. The molecule has 0 fully saturated rings. The van der Waals surface area contributed by atoms with Gasteiger partial charge in [-0.15, -0.1) is 0 Å². The minimum Gasteiger partial charge on any atom is -0.459 e. The molecule has 0 aliphatic rings. The Morgan fingerprint density at radius 1 is 1.11 bits per heavy atom. The van der Waals surface area contributed by atoms with Gasteiger partial charge < -0.3 is 14.2 Å². The highest BCUT2D eigenvalue weighted by molar-refractivity contribution is 6.28. The van der Waals surface area contributed by atoms with Gasteiger partial charge in [0.25, 0.3) is 0 Å². The summed E-state index contributed by atoms with van der Waals surface area (Å²) in [5, 5.41) is 4.65. The third kappa shape index (κ3) is 2.15. The summed E-state index contributed by atoms with van der Waals surface area (Å²) in [6.45, 7) is 2.04. The zero-order valence-corrected chi connectivity index (χ0v) is 11.5. The number of nitrogens with one attached hydrogen (secondary N) is 1. The number of halogens is 1. The molecular formula is C15H14ClNO2. The lowest BCUT2D eigenvalue weighted by molar-refractivity contribution is 0.415. The van der Waals surface area contributed by atoms with Crippen LogP contribution >= 0.6 is 11.6 Å². The molecule has 0 bridgehead atoms. The first-order chi connectivity index (χ1) is 9.19. The summed E-state index contributed by atoms with van der Waals surface area (Å²) in [5.74, 6) is 1.56. The Kier molecular flexibility index (Phi) is 3.09. The molecule has 0 saturated heterocycles. The average molecular weight is 276 g/mol. The van der Waals surface area contributed by atoms with Gasteiger partial charge in [0, 0.05) is 5.39 Å².